The van der Waals surface area contributed by atoms with Gasteiger partial charge in [-0.1, -0.05) is 34.6 Å². The van der Waals surface area contributed by atoms with Crippen molar-refractivity contribution in [1.82, 2.24) is 68.6 Å². The summed E-state index contributed by atoms with van der Waals surface area (Å²) >= 11 is 0. The highest BCUT2D eigenvalue weighted by atomic mass is 16.5. The summed E-state index contributed by atoms with van der Waals surface area (Å²) in [5, 5.41) is 0. The van der Waals surface area contributed by atoms with Gasteiger partial charge in [0.1, 0.15) is 0 Å². The van der Waals surface area contributed by atoms with E-state index in [0.29, 0.717) is 36.4 Å². The predicted octanol–water partition coefficient (Wildman–Crippen LogP) is 9.63. The molecule has 0 aromatic rings. The van der Waals surface area contributed by atoms with Gasteiger partial charge in [-0.25, -0.2) is 0 Å². The molecule has 10 bridgehead atoms. The third kappa shape index (κ3) is 26.2. The minimum atomic E-state index is 0.0290. The summed E-state index contributed by atoms with van der Waals surface area (Å²) in [5.74, 6) is 8.24. The van der Waals surface area contributed by atoms with E-state index in [0.717, 1.165) is 161 Å². The minimum Gasteiger partial charge on any atom is -0.376 e. The number of rotatable bonds is 0. The van der Waals surface area contributed by atoms with E-state index < -0.39 is 0 Å². The third-order valence-corrected chi connectivity index (χ3v) is 28.4. The number of likely N-dealkylation sites (tertiary alicyclic amines) is 10. The summed E-state index contributed by atoms with van der Waals surface area (Å²) < 4.78 is 16.5. The van der Waals surface area contributed by atoms with Crippen LogP contribution >= 0.6 is 0 Å². The van der Waals surface area contributed by atoms with Crippen LogP contribution in [0.1, 0.15) is 177 Å². The third-order valence-electron chi connectivity index (χ3n) is 28.4. The van der Waals surface area contributed by atoms with Crippen molar-refractivity contribution in [2.24, 2.45) is 52.8 Å². The Morgan fingerprint density at radius 2 is 0.853 bits per heavy atom. The van der Waals surface area contributed by atoms with Crippen LogP contribution in [0.4, 0.5) is 0 Å². The summed E-state index contributed by atoms with van der Waals surface area (Å²) in [4.78, 5) is 45.5. The zero-order valence-corrected chi connectivity index (χ0v) is 70.7. The lowest BCUT2D eigenvalue weighted by Crippen LogP contribution is -2.50. The zero-order chi connectivity index (χ0) is 74.1. The quantitative estimate of drug-likeness (QED) is 0.231. The molecule has 1 spiro atoms. The number of hydrogen-bond donors (Lipinski definition) is 0. The molecule has 18 aliphatic rings. The molecular weight excluding hydrogens is 1270 g/mol. The molecule has 10 unspecified atom stereocenters. The number of carbonyl (C=O) groups excluding carboxylic acids is 1. The molecule has 1 amide bonds. The maximum Gasteiger partial charge on any atom is 0.228 e. The summed E-state index contributed by atoms with van der Waals surface area (Å²) in [7, 11) is 30.7. The van der Waals surface area contributed by atoms with Gasteiger partial charge in [0, 0.05) is 140 Å². The van der Waals surface area contributed by atoms with Crippen LogP contribution < -0.4 is 0 Å². The van der Waals surface area contributed by atoms with Gasteiger partial charge in [0.25, 0.3) is 0 Å². The van der Waals surface area contributed by atoms with Crippen LogP contribution in [-0.2, 0) is 19.0 Å². The van der Waals surface area contributed by atoms with E-state index in [1.807, 2.05) is 11.9 Å². The molecule has 18 heteroatoms. The first-order valence-corrected chi connectivity index (χ1v) is 42.6. The lowest BCUT2D eigenvalue weighted by molar-refractivity contribution is -0.137. The number of piperazine rings is 1. The van der Waals surface area contributed by atoms with Crippen LogP contribution in [0.25, 0.3) is 0 Å². The standard InChI is InChI=1S/C10H18N2O.C9H17N.2C8H16N2.C8H15NO.C8H15N.C7H13NO.2C7H15N.C6H13NO.C6H13N/c1-11-6-3-10(4-7-11)5-8-12(2)9(10)13;1-7-5-8-3-4-9(6-7)10(8)2;1-9-3-7-5-10(2)6-8(7)4-9;1-9-5-7-3-4-8(6-9)10(7)2;1-6-8-4-3-7(5-10-6)9(8)2;1-6-3-7-4-8(6)9(2)5-7;1-5-7-3-6(9-5)4-8(7)2;1-7-3-5-8(2)6-4-7;1-7-4-3-5-8(2)6-7;1-6-5-7(2)3-4-8-6;1-6-3-4-7(2)5-6/h3-8H2,1-2H3;7-9H,3-6H2,1-2H3;2*7-8H,3-6H2,1-2H3;6-8H,3-5H2,1-2H3;6-8H,3-5H2,1-2H3;5-7H,3-4H2,1-2H3;2*7H,3-6H2,1-2H3;6H,3-5H2,1-2H3;6H,3-5H2,1-2H3/t;;;;2*6-,7?,8?;5-,6?,7?;;7-;2*6-/m....101.010/s1. The Morgan fingerprint density at radius 1 is 0.353 bits per heavy atom. The smallest absolute Gasteiger partial charge is 0.228 e. The van der Waals surface area contributed by atoms with E-state index in [9.17, 15) is 4.79 Å². The van der Waals surface area contributed by atoms with E-state index in [-0.39, 0.29) is 5.41 Å². The SMILES string of the molecule is CC1CC2CCC(C1)N2C.CC1CCN(C)CC1.CN1CC2CCC(C1)N2C.CN1CC2CN(C)CC2C1.CN1CCC2(CC1)CCN(C)C2=O.C[C@@H]1CN(C)CCO1.C[C@H]1CC2CC1N(C)C2.C[C@H]1CCCN(C)C1.C[C@H]1CCN(C)C1.C[C@H]1OC2CC1N(C)C2.C[C@H]1OCC2CCC1N2C. The van der Waals surface area contributed by atoms with Gasteiger partial charge in [-0.05, 0) is 321 Å². The van der Waals surface area contributed by atoms with Crippen molar-refractivity contribution >= 4 is 5.91 Å². The Hall–Kier alpha value is -1.17. The number of nitrogens with zero attached hydrogens (tertiary/aromatic N) is 14. The van der Waals surface area contributed by atoms with Gasteiger partial charge in [0.05, 0.1) is 43.0 Å². The van der Waals surface area contributed by atoms with Crippen LogP contribution in [0.15, 0.2) is 0 Å². The number of fused-ring (bicyclic) bond motifs is 11. The van der Waals surface area contributed by atoms with Crippen LogP contribution in [-0.4, -0.2) is 383 Å². The number of ether oxygens (including phenoxy) is 3. The van der Waals surface area contributed by atoms with Crippen LogP contribution in [0.2, 0.25) is 0 Å². The molecule has 16 atom stereocenters. The van der Waals surface area contributed by atoms with E-state index in [4.69, 9.17) is 14.2 Å². The number of morpholine rings is 3. The summed E-state index contributed by atoms with van der Waals surface area (Å²) in [6, 6.07) is 6.69. The molecule has 18 rings (SSSR count). The summed E-state index contributed by atoms with van der Waals surface area (Å²) in [6.07, 6.45) is 27.8. The van der Waals surface area contributed by atoms with E-state index in [1.54, 1.807) is 0 Å². The number of carbonyl (C=O) groups is 1. The molecule has 17 saturated heterocycles. The van der Waals surface area contributed by atoms with E-state index >= 15 is 0 Å². The molecule has 596 valence electrons. The van der Waals surface area contributed by atoms with Crippen molar-refractivity contribution in [1.29, 1.82) is 0 Å². The van der Waals surface area contributed by atoms with Crippen LogP contribution in [0.5, 0.6) is 0 Å². The molecule has 0 aromatic heterocycles. The maximum absolute atomic E-state index is 11.9. The van der Waals surface area contributed by atoms with E-state index in [1.165, 1.54) is 188 Å². The fourth-order valence-electron chi connectivity index (χ4n) is 21.5. The monoisotopic (exact) mass is 1440 g/mol. The van der Waals surface area contributed by atoms with Gasteiger partial charge >= 0.3 is 0 Å². The second-order valence-electron chi connectivity index (χ2n) is 38.0. The van der Waals surface area contributed by atoms with Gasteiger partial charge in [0.2, 0.25) is 5.91 Å². The number of amides is 1. The molecule has 0 radical (unpaired) electrons. The van der Waals surface area contributed by atoms with Crippen molar-refractivity contribution in [3.8, 4) is 0 Å². The Labute approximate surface area is 629 Å². The molecule has 0 N–H and O–H groups in total. The minimum absolute atomic E-state index is 0.0290. The second-order valence-corrected chi connectivity index (χ2v) is 38.0. The van der Waals surface area contributed by atoms with Crippen molar-refractivity contribution in [2.75, 3.05) is 236 Å². The first-order valence-electron chi connectivity index (χ1n) is 42.6. The average Bonchev–Trinajstić information content (AvgIpc) is 1.65. The van der Waals surface area contributed by atoms with Crippen LogP contribution in [0, 0.1) is 52.8 Å². The lowest BCUT2D eigenvalue weighted by Gasteiger charge is -2.36. The molecule has 1 saturated carbocycles. The average molecular weight is 1440 g/mol. The van der Waals surface area contributed by atoms with Gasteiger partial charge in [-0.3, -0.25) is 19.5 Å². The van der Waals surface area contributed by atoms with Gasteiger partial charge in [-0.15, -0.1) is 0 Å². The fourth-order valence-corrected chi connectivity index (χ4v) is 21.5. The molecule has 17 heterocycles. The lowest BCUT2D eigenvalue weighted by atomic mass is 9.77. The molecule has 102 heavy (non-hydrogen) atoms. The maximum atomic E-state index is 11.9. The largest absolute Gasteiger partial charge is 0.376 e. The van der Waals surface area contributed by atoms with Crippen molar-refractivity contribution in [2.45, 2.75) is 250 Å². The highest BCUT2D eigenvalue weighted by molar-refractivity contribution is 5.84. The molecular formula is C84H166N14O4. The number of likely N-dealkylation sites (N-methyl/N-ethyl adjacent to an activating group) is 5. The fraction of sp³-hybridized carbons (Fsp3) is 0.988. The number of hydrogen-bond acceptors (Lipinski definition) is 17. The van der Waals surface area contributed by atoms with Crippen molar-refractivity contribution < 1.29 is 19.0 Å². The van der Waals surface area contributed by atoms with Crippen LogP contribution in [0.3, 0.4) is 0 Å². The Morgan fingerprint density at radius 3 is 1.26 bits per heavy atom. The van der Waals surface area contributed by atoms with Crippen molar-refractivity contribution in [3.05, 3.63) is 0 Å². The topological polar surface area (TPSA) is 90.1 Å². The normalized spacial score (nSPS) is 40.0. The van der Waals surface area contributed by atoms with Gasteiger partial charge < -0.3 is 68.1 Å². The Bertz CT molecular complexity index is 2150. The van der Waals surface area contributed by atoms with E-state index in [2.05, 4.69) is 211 Å². The second kappa shape index (κ2) is 41.7. The first-order chi connectivity index (χ1) is 48.4. The molecule has 18 fully saturated rings. The summed E-state index contributed by atoms with van der Waals surface area (Å²) in [6.45, 7) is 43.6. The highest BCUT2D eigenvalue weighted by Gasteiger charge is 2.47. The molecule has 18 nitrogen and oxygen atoms in total. The molecule has 1 aliphatic carbocycles. The zero-order valence-electron chi connectivity index (χ0n) is 70.7. The number of piperidine rings is 5. The predicted molar refractivity (Wildman–Crippen MR) is 428 cm³/mol. The summed E-state index contributed by atoms with van der Waals surface area (Å²) in [5.41, 5.74) is 0.0290. The molecule has 0 aromatic carbocycles. The van der Waals surface area contributed by atoms with Gasteiger partial charge in [0.15, 0.2) is 0 Å². The Balaban J connectivity index is 0.000000143. The van der Waals surface area contributed by atoms with Crippen molar-refractivity contribution in [3.63, 3.8) is 0 Å². The van der Waals surface area contributed by atoms with Gasteiger partial charge in [-0.2, -0.15) is 0 Å². The highest BCUT2D eigenvalue weighted by Crippen LogP contribution is 2.42. The molecule has 17 aliphatic heterocycles. The Kier molecular flexibility index (Phi) is 35.4. The first kappa shape index (κ1) is 86.4.